The molecule has 2 rings (SSSR count). The monoisotopic (exact) mass is 384 g/mol. The molecule has 1 aromatic rings. The van der Waals surface area contributed by atoms with E-state index in [0.29, 0.717) is 23.9 Å². The van der Waals surface area contributed by atoms with E-state index in [2.05, 4.69) is 10.6 Å². The Labute approximate surface area is 159 Å². The third kappa shape index (κ3) is 5.94. The molecule has 5 nitrogen and oxygen atoms in total. The van der Waals surface area contributed by atoms with Crippen LogP contribution in [0, 0.1) is 0 Å². The number of thiophene rings is 1. The highest BCUT2D eigenvalue weighted by atomic mass is 32.1. The molecule has 0 unspecified atom stereocenters. The van der Waals surface area contributed by atoms with Crippen LogP contribution in [-0.4, -0.2) is 38.0 Å². The summed E-state index contributed by atoms with van der Waals surface area (Å²) in [6.07, 6.45) is 7.63. The van der Waals surface area contributed by atoms with Gasteiger partial charge in [-0.3, -0.25) is 0 Å². The topological polar surface area (TPSA) is 59.6 Å². The maximum Gasteiger partial charge on any atom is 0.341 e. The van der Waals surface area contributed by atoms with Crippen molar-refractivity contribution in [1.82, 2.24) is 5.32 Å². The lowest BCUT2D eigenvalue weighted by atomic mass is 9.96. The van der Waals surface area contributed by atoms with Gasteiger partial charge < -0.3 is 20.1 Å². The van der Waals surface area contributed by atoms with Gasteiger partial charge in [-0.2, -0.15) is 0 Å². The third-order valence-electron chi connectivity index (χ3n) is 4.19. The number of rotatable bonds is 7. The standard InChI is InChI=1S/C18H28N2O3S2/c1-3-23-17(21)15-13-9-6-4-5-7-10-14(13)25-16(15)20-18(24)19-11-8-12-22-2/h3-12H2,1-2H3,(H2,19,20,24). The second-order valence-corrected chi connectivity index (χ2v) is 7.58. The second-order valence-electron chi connectivity index (χ2n) is 6.07. The number of methoxy groups -OCH3 is 1. The van der Waals surface area contributed by atoms with Crippen molar-refractivity contribution in [3.05, 3.63) is 16.0 Å². The Balaban J connectivity index is 2.16. The summed E-state index contributed by atoms with van der Waals surface area (Å²) < 4.78 is 10.3. The van der Waals surface area contributed by atoms with Gasteiger partial charge in [-0.15, -0.1) is 11.3 Å². The first-order chi connectivity index (χ1) is 12.2. The Hall–Kier alpha value is -1.18. The summed E-state index contributed by atoms with van der Waals surface area (Å²) in [5.74, 6) is -0.245. The maximum atomic E-state index is 12.5. The summed E-state index contributed by atoms with van der Waals surface area (Å²) in [5, 5.41) is 7.74. The van der Waals surface area contributed by atoms with E-state index in [1.807, 2.05) is 6.92 Å². The summed E-state index contributed by atoms with van der Waals surface area (Å²) in [4.78, 5) is 13.8. The SMILES string of the molecule is CCOC(=O)c1c(NC(=S)NCCCOC)sc2c1CCCCCC2. The van der Waals surface area contributed by atoms with Gasteiger partial charge in [0, 0.05) is 25.1 Å². The number of carbonyl (C=O) groups excluding carboxylic acids is 1. The first-order valence-electron chi connectivity index (χ1n) is 9.02. The van der Waals surface area contributed by atoms with E-state index in [-0.39, 0.29) is 5.97 Å². The van der Waals surface area contributed by atoms with Crippen molar-refractivity contribution in [1.29, 1.82) is 0 Å². The summed E-state index contributed by atoms with van der Waals surface area (Å²) in [6, 6.07) is 0. The molecule has 140 valence electrons. The van der Waals surface area contributed by atoms with Crippen molar-refractivity contribution in [3.63, 3.8) is 0 Å². The van der Waals surface area contributed by atoms with Gasteiger partial charge in [-0.05, 0) is 56.8 Å². The molecule has 0 fully saturated rings. The largest absolute Gasteiger partial charge is 0.462 e. The Morgan fingerprint density at radius 1 is 1.24 bits per heavy atom. The number of esters is 1. The van der Waals surface area contributed by atoms with E-state index >= 15 is 0 Å². The zero-order valence-corrected chi connectivity index (χ0v) is 16.7. The van der Waals surface area contributed by atoms with Crippen LogP contribution in [0.25, 0.3) is 0 Å². The third-order valence-corrected chi connectivity index (χ3v) is 5.64. The lowest BCUT2D eigenvalue weighted by Gasteiger charge is -2.12. The van der Waals surface area contributed by atoms with Crippen LogP contribution in [0.2, 0.25) is 0 Å². The number of hydrogen-bond acceptors (Lipinski definition) is 5. The van der Waals surface area contributed by atoms with Crippen molar-refractivity contribution in [2.24, 2.45) is 0 Å². The highest BCUT2D eigenvalue weighted by Gasteiger charge is 2.25. The van der Waals surface area contributed by atoms with Crippen molar-refractivity contribution < 1.29 is 14.3 Å². The van der Waals surface area contributed by atoms with Gasteiger partial charge in [-0.1, -0.05) is 12.8 Å². The Morgan fingerprint density at radius 3 is 2.72 bits per heavy atom. The van der Waals surface area contributed by atoms with E-state index in [1.54, 1.807) is 18.4 Å². The summed E-state index contributed by atoms with van der Waals surface area (Å²) >= 11 is 7.03. The zero-order chi connectivity index (χ0) is 18.1. The fourth-order valence-corrected chi connectivity index (χ4v) is 4.54. The minimum absolute atomic E-state index is 0.245. The van der Waals surface area contributed by atoms with Gasteiger partial charge >= 0.3 is 5.97 Å². The van der Waals surface area contributed by atoms with Crippen LogP contribution in [-0.2, 0) is 22.3 Å². The van der Waals surface area contributed by atoms with Crippen LogP contribution in [0.4, 0.5) is 5.00 Å². The Bertz CT molecular complexity index is 587. The number of fused-ring (bicyclic) bond motifs is 1. The molecule has 2 N–H and O–H groups in total. The lowest BCUT2D eigenvalue weighted by Crippen LogP contribution is -2.30. The van der Waals surface area contributed by atoms with E-state index in [4.69, 9.17) is 21.7 Å². The molecule has 0 spiro atoms. The summed E-state index contributed by atoms with van der Waals surface area (Å²) in [6.45, 7) is 3.64. The highest BCUT2D eigenvalue weighted by molar-refractivity contribution is 7.80. The van der Waals surface area contributed by atoms with Crippen molar-refractivity contribution in [3.8, 4) is 0 Å². The molecular weight excluding hydrogens is 356 g/mol. The molecule has 7 heteroatoms. The van der Waals surface area contributed by atoms with Crippen molar-refractivity contribution in [2.75, 3.05) is 32.2 Å². The summed E-state index contributed by atoms with van der Waals surface area (Å²) in [5.41, 5.74) is 1.85. The molecule has 0 saturated heterocycles. The fourth-order valence-electron chi connectivity index (χ4n) is 2.99. The average molecular weight is 385 g/mol. The lowest BCUT2D eigenvalue weighted by molar-refractivity contribution is 0.0526. The van der Waals surface area contributed by atoms with Crippen LogP contribution in [0.1, 0.15) is 59.8 Å². The molecule has 1 aromatic heterocycles. The first kappa shape index (κ1) is 20.1. The minimum Gasteiger partial charge on any atom is -0.462 e. The van der Waals surface area contributed by atoms with Crippen LogP contribution >= 0.6 is 23.6 Å². The first-order valence-corrected chi connectivity index (χ1v) is 10.2. The quantitative estimate of drug-likeness (QED) is 0.422. The number of thiocarbonyl (C=S) groups is 1. The molecule has 25 heavy (non-hydrogen) atoms. The van der Waals surface area contributed by atoms with Crippen molar-refractivity contribution >= 4 is 39.6 Å². The smallest absolute Gasteiger partial charge is 0.341 e. The van der Waals surface area contributed by atoms with E-state index in [1.165, 1.54) is 24.1 Å². The zero-order valence-electron chi connectivity index (χ0n) is 15.1. The number of hydrogen-bond donors (Lipinski definition) is 2. The fraction of sp³-hybridized carbons (Fsp3) is 0.667. The van der Waals surface area contributed by atoms with Gasteiger partial charge in [0.05, 0.1) is 12.2 Å². The molecule has 0 saturated carbocycles. The molecule has 0 atom stereocenters. The Kier molecular flexibility index (Phi) is 8.64. The van der Waals surface area contributed by atoms with Crippen LogP contribution in [0.5, 0.6) is 0 Å². The van der Waals surface area contributed by atoms with E-state index in [0.717, 1.165) is 42.8 Å². The van der Waals surface area contributed by atoms with Crippen LogP contribution in [0.15, 0.2) is 0 Å². The van der Waals surface area contributed by atoms with Gasteiger partial charge in [0.15, 0.2) is 5.11 Å². The number of aryl methyl sites for hydroxylation is 1. The number of carbonyl (C=O) groups is 1. The molecule has 0 aromatic carbocycles. The molecular formula is C18H28N2O3S2. The molecule has 0 radical (unpaired) electrons. The van der Waals surface area contributed by atoms with Gasteiger partial charge in [0.2, 0.25) is 0 Å². The average Bonchev–Trinajstić information content (AvgIpc) is 2.88. The van der Waals surface area contributed by atoms with Gasteiger partial charge in [0.1, 0.15) is 5.00 Å². The predicted octanol–water partition coefficient (Wildman–Crippen LogP) is 3.91. The van der Waals surface area contributed by atoms with E-state index < -0.39 is 0 Å². The molecule has 1 aliphatic carbocycles. The van der Waals surface area contributed by atoms with Crippen LogP contribution in [0.3, 0.4) is 0 Å². The van der Waals surface area contributed by atoms with Gasteiger partial charge in [0.25, 0.3) is 0 Å². The minimum atomic E-state index is -0.245. The maximum absolute atomic E-state index is 12.5. The Morgan fingerprint density at radius 2 is 2.00 bits per heavy atom. The molecule has 1 aliphatic rings. The van der Waals surface area contributed by atoms with Crippen molar-refractivity contribution in [2.45, 2.75) is 51.9 Å². The second kappa shape index (κ2) is 10.7. The molecule has 0 bridgehead atoms. The normalized spacial score (nSPS) is 14.2. The van der Waals surface area contributed by atoms with E-state index in [9.17, 15) is 4.79 Å². The molecule has 0 aliphatic heterocycles. The molecule has 0 amide bonds. The predicted molar refractivity (Wildman–Crippen MR) is 107 cm³/mol. The number of nitrogens with one attached hydrogen (secondary N) is 2. The number of anilines is 1. The number of ether oxygens (including phenoxy) is 2. The van der Waals surface area contributed by atoms with Gasteiger partial charge in [-0.25, -0.2) is 4.79 Å². The summed E-state index contributed by atoms with van der Waals surface area (Å²) in [7, 11) is 1.68. The highest BCUT2D eigenvalue weighted by Crippen LogP contribution is 2.37. The molecule has 1 heterocycles. The van der Waals surface area contributed by atoms with Crippen LogP contribution < -0.4 is 10.6 Å².